The maximum Gasteiger partial charge on any atom is 0.0758 e. The number of thioether (sulfide) groups is 1. The SMILES string of the molecule is CCCCCC(O)/C(=C\Sc1ccccc1)CCCC. The molecule has 0 aliphatic carbocycles. The zero-order valence-corrected chi connectivity index (χ0v) is 13.7. The Balaban J connectivity index is 2.57. The summed E-state index contributed by atoms with van der Waals surface area (Å²) in [4.78, 5) is 1.24. The summed E-state index contributed by atoms with van der Waals surface area (Å²) in [6.45, 7) is 4.40. The van der Waals surface area contributed by atoms with Gasteiger partial charge in [-0.05, 0) is 42.4 Å². The summed E-state index contributed by atoms with van der Waals surface area (Å²) >= 11 is 1.72. The Hall–Kier alpha value is -0.730. The molecule has 1 nitrogen and oxygen atoms in total. The second-order valence-corrected chi connectivity index (χ2v) is 6.18. The van der Waals surface area contributed by atoms with E-state index in [0.717, 1.165) is 25.7 Å². The zero-order valence-electron chi connectivity index (χ0n) is 12.8. The van der Waals surface area contributed by atoms with Crippen LogP contribution in [0.25, 0.3) is 0 Å². The molecule has 1 aromatic carbocycles. The summed E-state index contributed by atoms with van der Waals surface area (Å²) in [5.74, 6) is 0. The lowest BCUT2D eigenvalue weighted by molar-refractivity contribution is 0.192. The first-order chi connectivity index (χ1) is 9.77. The number of rotatable bonds is 10. The Kier molecular flexibility index (Phi) is 9.52. The molecule has 112 valence electrons. The predicted molar refractivity (Wildman–Crippen MR) is 90.1 cm³/mol. The Bertz CT molecular complexity index is 372. The molecule has 0 bridgehead atoms. The molecule has 0 spiro atoms. The van der Waals surface area contributed by atoms with Crippen LogP contribution in [-0.4, -0.2) is 11.2 Å². The normalized spacial score (nSPS) is 13.4. The van der Waals surface area contributed by atoms with Crippen molar-refractivity contribution >= 4 is 11.8 Å². The van der Waals surface area contributed by atoms with E-state index >= 15 is 0 Å². The van der Waals surface area contributed by atoms with Crippen LogP contribution in [0.3, 0.4) is 0 Å². The second-order valence-electron chi connectivity index (χ2n) is 5.24. The minimum atomic E-state index is -0.260. The van der Waals surface area contributed by atoms with Crippen LogP contribution in [0.4, 0.5) is 0 Å². The third kappa shape index (κ3) is 7.16. The van der Waals surface area contributed by atoms with Crippen LogP contribution >= 0.6 is 11.8 Å². The molecule has 2 heteroatoms. The first-order valence-electron chi connectivity index (χ1n) is 7.86. The van der Waals surface area contributed by atoms with Crippen molar-refractivity contribution in [1.82, 2.24) is 0 Å². The van der Waals surface area contributed by atoms with Gasteiger partial charge in [0, 0.05) is 4.90 Å². The molecule has 0 fully saturated rings. The molecule has 0 saturated heterocycles. The van der Waals surface area contributed by atoms with Gasteiger partial charge in [-0.15, -0.1) is 0 Å². The van der Waals surface area contributed by atoms with Crippen molar-refractivity contribution in [2.45, 2.75) is 69.8 Å². The molecule has 20 heavy (non-hydrogen) atoms. The van der Waals surface area contributed by atoms with Gasteiger partial charge >= 0.3 is 0 Å². The van der Waals surface area contributed by atoms with Crippen molar-refractivity contribution in [3.63, 3.8) is 0 Å². The van der Waals surface area contributed by atoms with Gasteiger partial charge in [0.05, 0.1) is 6.10 Å². The zero-order chi connectivity index (χ0) is 14.6. The standard InChI is InChI=1S/C18H28OS/c1-3-5-8-14-18(19)16(11-6-4-2)15-20-17-12-9-7-10-13-17/h7,9-10,12-13,15,18-19H,3-6,8,11,14H2,1-2H3/b16-15-. The van der Waals surface area contributed by atoms with Gasteiger partial charge in [0.2, 0.25) is 0 Å². The van der Waals surface area contributed by atoms with Crippen LogP contribution in [0.1, 0.15) is 58.8 Å². The largest absolute Gasteiger partial charge is 0.389 e. The molecule has 0 saturated carbocycles. The van der Waals surface area contributed by atoms with Crippen LogP contribution in [0.15, 0.2) is 46.2 Å². The molecule has 1 N–H and O–H groups in total. The van der Waals surface area contributed by atoms with E-state index in [4.69, 9.17) is 0 Å². The molecule has 0 aliphatic heterocycles. The maximum absolute atomic E-state index is 10.4. The van der Waals surface area contributed by atoms with Gasteiger partial charge in [0.15, 0.2) is 0 Å². The van der Waals surface area contributed by atoms with Crippen molar-refractivity contribution < 1.29 is 5.11 Å². The van der Waals surface area contributed by atoms with E-state index in [2.05, 4.69) is 43.5 Å². The van der Waals surface area contributed by atoms with Gasteiger partial charge in [-0.1, -0.05) is 69.5 Å². The molecule has 0 radical (unpaired) electrons. The van der Waals surface area contributed by atoms with Crippen molar-refractivity contribution in [3.8, 4) is 0 Å². The molecule has 0 amide bonds. The van der Waals surface area contributed by atoms with Gasteiger partial charge in [0.1, 0.15) is 0 Å². The van der Waals surface area contributed by atoms with Crippen LogP contribution in [-0.2, 0) is 0 Å². The average molecular weight is 292 g/mol. The third-order valence-electron chi connectivity index (χ3n) is 3.42. The van der Waals surface area contributed by atoms with E-state index in [9.17, 15) is 5.11 Å². The number of hydrogen-bond donors (Lipinski definition) is 1. The molecular formula is C18H28OS. The highest BCUT2D eigenvalue weighted by Crippen LogP contribution is 2.25. The Morgan fingerprint density at radius 3 is 2.45 bits per heavy atom. The number of aliphatic hydroxyl groups is 1. The number of aliphatic hydroxyl groups excluding tert-OH is 1. The lowest BCUT2D eigenvalue weighted by Gasteiger charge is -2.15. The van der Waals surface area contributed by atoms with Gasteiger partial charge in [-0.25, -0.2) is 0 Å². The highest BCUT2D eigenvalue weighted by atomic mass is 32.2. The number of unbranched alkanes of at least 4 members (excludes halogenated alkanes) is 3. The summed E-state index contributed by atoms with van der Waals surface area (Å²) in [6.07, 6.45) is 7.54. The predicted octanol–water partition coefficient (Wildman–Crippen LogP) is 5.79. The average Bonchev–Trinajstić information content (AvgIpc) is 2.48. The third-order valence-corrected chi connectivity index (χ3v) is 4.38. The Morgan fingerprint density at radius 2 is 1.80 bits per heavy atom. The van der Waals surface area contributed by atoms with Crippen LogP contribution in [0.5, 0.6) is 0 Å². The summed E-state index contributed by atoms with van der Waals surface area (Å²) in [7, 11) is 0. The minimum Gasteiger partial charge on any atom is -0.389 e. The summed E-state index contributed by atoms with van der Waals surface area (Å²) in [5, 5.41) is 12.5. The quantitative estimate of drug-likeness (QED) is 0.435. The summed E-state index contributed by atoms with van der Waals surface area (Å²) < 4.78 is 0. The first kappa shape index (κ1) is 17.3. The molecule has 0 aliphatic rings. The monoisotopic (exact) mass is 292 g/mol. The molecule has 1 unspecified atom stereocenters. The summed E-state index contributed by atoms with van der Waals surface area (Å²) in [5.41, 5.74) is 1.21. The lowest BCUT2D eigenvalue weighted by atomic mass is 10.0. The molecule has 1 atom stereocenters. The van der Waals surface area contributed by atoms with Crippen LogP contribution in [0, 0.1) is 0 Å². The van der Waals surface area contributed by atoms with Gasteiger partial charge < -0.3 is 5.11 Å². The molecular weight excluding hydrogens is 264 g/mol. The fraction of sp³-hybridized carbons (Fsp3) is 0.556. The molecule has 1 rings (SSSR count). The fourth-order valence-electron chi connectivity index (χ4n) is 2.10. The smallest absolute Gasteiger partial charge is 0.0758 e. The van der Waals surface area contributed by atoms with Crippen LogP contribution < -0.4 is 0 Å². The van der Waals surface area contributed by atoms with Gasteiger partial charge in [-0.3, -0.25) is 0 Å². The molecule has 0 heterocycles. The van der Waals surface area contributed by atoms with Gasteiger partial charge in [0.25, 0.3) is 0 Å². The van der Waals surface area contributed by atoms with E-state index in [1.807, 2.05) is 6.07 Å². The maximum atomic E-state index is 10.4. The van der Waals surface area contributed by atoms with Crippen molar-refractivity contribution in [2.75, 3.05) is 0 Å². The van der Waals surface area contributed by atoms with E-state index in [1.54, 1.807) is 11.8 Å². The van der Waals surface area contributed by atoms with E-state index in [-0.39, 0.29) is 6.10 Å². The topological polar surface area (TPSA) is 20.2 Å². The second kappa shape index (κ2) is 11.0. The molecule has 0 aromatic heterocycles. The van der Waals surface area contributed by atoms with E-state index < -0.39 is 0 Å². The highest BCUT2D eigenvalue weighted by Gasteiger charge is 2.10. The lowest BCUT2D eigenvalue weighted by Crippen LogP contribution is -2.10. The fourth-order valence-corrected chi connectivity index (χ4v) is 2.98. The van der Waals surface area contributed by atoms with E-state index in [1.165, 1.54) is 29.7 Å². The van der Waals surface area contributed by atoms with Crippen LogP contribution in [0.2, 0.25) is 0 Å². The molecule has 1 aromatic rings. The van der Waals surface area contributed by atoms with E-state index in [0.29, 0.717) is 0 Å². The first-order valence-corrected chi connectivity index (χ1v) is 8.74. The van der Waals surface area contributed by atoms with Gasteiger partial charge in [-0.2, -0.15) is 0 Å². The Labute approximate surface area is 128 Å². The summed E-state index contributed by atoms with van der Waals surface area (Å²) in [6, 6.07) is 10.4. The van der Waals surface area contributed by atoms with Crippen molar-refractivity contribution in [3.05, 3.63) is 41.3 Å². The number of hydrogen-bond acceptors (Lipinski definition) is 2. The minimum absolute atomic E-state index is 0.260. The van der Waals surface area contributed by atoms with Crippen molar-refractivity contribution in [1.29, 1.82) is 0 Å². The Morgan fingerprint density at radius 1 is 1.10 bits per heavy atom. The van der Waals surface area contributed by atoms with Crippen molar-refractivity contribution in [2.24, 2.45) is 0 Å². The highest BCUT2D eigenvalue weighted by molar-refractivity contribution is 8.02. The number of benzene rings is 1.